The van der Waals surface area contributed by atoms with Crippen LogP contribution >= 0.6 is 12.4 Å². The Kier molecular flexibility index (Phi) is 7.99. The lowest BCUT2D eigenvalue weighted by Crippen LogP contribution is -2.57. The highest BCUT2D eigenvalue weighted by atomic mass is 35.5. The molecule has 0 bridgehead atoms. The molecule has 1 fully saturated rings. The molecule has 0 spiro atoms. The number of aryl methyl sites for hydroxylation is 1. The molecule has 13 heteroatoms. The summed E-state index contributed by atoms with van der Waals surface area (Å²) in [4.78, 5) is 10.9. The van der Waals surface area contributed by atoms with Crippen LogP contribution < -0.4 is 10.0 Å². The minimum Gasteiger partial charge on any atom is -0.314 e. The average Bonchev–Trinajstić information content (AvgIpc) is 2.54. The Balaban J connectivity index is 0.00000364. The maximum atomic E-state index is 13.3. The number of nitrogens with zero attached hydrogens (tertiary/aromatic N) is 2. The van der Waals surface area contributed by atoms with Gasteiger partial charge in [0.25, 0.3) is 5.69 Å². The van der Waals surface area contributed by atoms with E-state index >= 15 is 0 Å². The third-order valence-electron chi connectivity index (χ3n) is 4.12. The van der Waals surface area contributed by atoms with Crippen molar-refractivity contribution in [1.29, 1.82) is 0 Å². The zero-order chi connectivity index (χ0) is 19.5. The fraction of sp³-hybridized carbons (Fsp3) is 0.571. The second kappa shape index (κ2) is 9.15. The molecule has 8 nitrogen and oxygen atoms in total. The SMILES string of the molecule is Cc1ccc(S(=O)(=O)NCC(N2CCNCC2)C(F)(F)F)cc1[N+](=O)[O-].Cl. The normalized spacial score (nSPS) is 17.2. The highest BCUT2D eigenvalue weighted by Crippen LogP contribution is 2.26. The van der Waals surface area contributed by atoms with Crippen molar-refractivity contribution in [2.45, 2.75) is 24.0 Å². The Bertz CT molecular complexity index is 770. The molecule has 1 aromatic carbocycles. The molecule has 1 atom stereocenters. The molecule has 0 saturated carbocycles. The number of sulfonamides is 1. The van der Waals surface area contributed by atoms with Gasteiger partial charge in [-0.05, 0) is 13.0 Å². The molecule has 2 rings (SSSR count). The summed E-state index contributed by atoms with van der Waals surface area (Å²) in [6, 6.07) is 1.23. The van der Waals surface area contributed by atoms with Crippen LogP contribution in [0.2, 0.25) is 0 Å². The summed E-state index contributed by atoms with van der Waals surface area (Å²) in [6.07, 6.45) is -4.61. The summed E-state index contributed by atoms with van der Waals surface area (Å²) in [5.41, 5.74) is -0.162. The number of halogens is 4. The van der Waals surface area contributed by atoms with Gasteiger partial charge in [-0.1, -0.05) is 6.07 Å². The topological polar surface area (TPSA) is 105 Å². The van der Waals surface area contributed by atoms with Crippen LogP contribution in [0.25, 0.3) is 0 Å². The van der Waals surface area contributed by atoms with Crippen LogP contribution in [-0.4, -0.2) is 63.2 Å². The molecule has 1 aliphatic rings. The van der Waals surface area contributed by atoms with Gasteiger partial charge in [-0.15, -0.1) is 12.4 Å². The van der Waals surface area contributed by atoms with E-state index in [0.29, 0.717) is 13.1 Å². The van der Waals surface area contributed by atoms with E-state index in [1.54, 1.807) is 0 Å². The van der Waals surface area contributed by atoms with Gasteiger partial charge in [0, 0.05) is 44.4 Å². The van der Waals surface area contributed by atoms with Crippen molar-refractivity contribution in [3.63, 3.8) is 0 Å². The van der Waals surface area contributed by atoms with Crippen molar-refractivity contribution in [3.05, 3.63) is 33.9 Å². The van der Waals surface area contributed by atoms with Crippen LogP contribution in [-0.2, 0) is 10.0 Å². The molecule has 1 heterocycles. The molecule has 0 aromatic heterocycles. The predicted octanol–water partition coefficient (Wildman–Crippen LogP) is 1.44. The highest BCUT2D eigenvalue weighted by molar-refractivity contribution is 7.89. The van der Waals surface area contributed by atoms with E-state index in [4.69, 9.17) is 0 Å². The molecule has 0 aliphatic carbocycles. The first-order valence-electron chi connectivity index (χ1n) is 7.78. The van der Waals surface area contributed by atoms with E-state index < -0.39 is 44.3 Å². The van der Waals surface area contributed by atoms with E-state index in [-0.39, 0.29) is 31.1 Å². The number of nitro groups is 1. The summed E-state index contributed by atoms with van der Waals surface area (Å²) in [6.45, 7) is 1.61. The molecule has 154 valence electrons. The van der Waals surface area contributed by atoms with Crippen molar-refractivity contribution in [2.24, 2.45) is 0 Å². The standard InChI is InChI=1S/C14H19F3N4O4S.ClH/c1-10-2-3-11(8-12(10)21(22)23)26(24,25)19-9-13(14(15,16)17)20-6-4-18-5-7-20;/h2-3,8,13,18-19H,4-7,9H2,1H3;1H. The molecule has 2 N–H and O–H groups in total. The maximum Gasteiger partial charge on any atom is 0.405 e. The van der Waals surface area contributed by atoms with Gasteiger partial charge in [0.15, 0.2) is 0 Å². The van der Waals surface area contributed by atoms with Crippen LogP contribution in [0.3, 0.4) is 0 Å². The fourth-order valence-corrected chi connectivity index (χ4v) is 3.73. The van der Waals surface area contributed by atoms with E-state index in [9.17, 15) is 31.7 Å². The van der Waals surface area contributed by atoms with Crippen LogP contribution in [0.1, 0.15) is 5.56 Å². The van der Waals surface area contributed by atoms with Crippen molar-refractivity contribution in [3.8, 4) is 0 Å². The molecular formula is C14H20ClF3N4O4S. The van der Waals surface area contributed by atoms with Gasteiger partial charge >= 0.3 is 6.18 Å². The maximum absolute atomic E-state index is 13.3. The van der Waals surface area contributed by atoms with Gasteiger partial charge in [0.2, 0.25) is 10.0 Å². The van der Waals surface area contributed by atoms with Crippen LogP contribution in [0.5, 0.6) is 0 Å². The smallest absolute Gasteiger partial charge is 0.314 e. The summed E-state index contributed by atoms with van der Waals surface area (Å²) >= 11 is 0. The van der Waals surface area contributed by atoms with E-state index in [0.717, 1.165) is 17.0 Å². The molecule has 1 aromatic rings. The first kappa shape index (κ1) is 23.6. The first-order valence-corrected chi connectivity index (χ1v) is 9.27. The lowest BCUT2D eigenvalue weighted by atomic mass is 10.2. The zero-order valence-electron chi connectivity index (χ0n) is 14.3. The van der Waals surface area contributed by atoms with E-state index in [2.05, 4.69) is 5.32 Å². The van der Waals surface area contributed by atoms with Gasteiger partial charge in [0.05, 0.1) is 9.82 Å². The molecule has 0 amide bonds. The Morgan fingerprint density at radius 2 is 1.93 bits per heavy atom. The number of nitro benzene ring substituents is 1. The molecule has 1 aliphatic heterocycles. The van der Waals surface area contributed by atoms with Gasteiger partial charge < -0.3 is 5.32 Å². The average molecular weight is 433 g/mol. The molecule has 0 radical (unpaired) electrons. The summed E-state index contributed by atoms with van der Waals surface area (Å²) in [5.74, 6) is 0. The molecule has 27 heavy (non-hydrogen) atoms. The number of piperazine rings is 1. The van der Waals surface area contributed by atoms with Crippen LogP contribution in [0.4, 0.5) is 18.9 Å². The second-order valence-corrected chi connectivity index (χ2v) is 7.67. The van der Waals surface area contributed by atoms with Gasteiger partial charge in [-0.3, -0.25) is 15.0 Å². The minimum atomic E-state index is -4.61. The largest absolute Gasteiger partial charge is 0.405 e. The van der Waals surface area contributed by atoms with Crippen LogP contribution in [0, 0.1) is 17.0 Å². The Morgan fingerprint density at radius 3 is 2.44 bits per heavy atom. The first-order chi connectivity index (χ1) is 12.0. The van der Waals surface area contributed by atoms with E-state index in [1.165, 1.54) is 13.0 Å². The predicted molar refractivity (Wildman–Crippen MR) is 94.6 cm³/mol. The minimum absolute atomic E-state index is 0. The highest BCUT2D eigenvalue weighted by Gasteiger charge is 2.44. The number of benzene rings is 1. The Hall–Kier alpha value is -1.47. The number of hydrogen-bond acceptors (Lipinski definition) is 6. The molecule has 1 unspecified atom stereocenters. The summed E-state index contributed by atoms with van der Waals surface area (Å²) < 4.78 is 66.5. The number of rotatable bonds is 6. The summed E-state index contributed by atoms with van der Waals surface area (Å²) in [5, 5.41) is 13.9. The van der Waals surface area contributed by atoms with Gasteiger partial charge in [-0.2, -0.15) is 13.2 Å². The number of hydrogen-bond donors (Lipinski definition) is 2. The lowest BCUT2D eigenvalue weighted by Gasteiger charge is -2.35. The quantitative estimate of drug-likeness (QED) is 0.520. The third-order valence-corrected chi connectivity index (χ3v) is 5.55. The summed E-state index contributed by atoms with van der Waals surface area (Å²) in [7, 11) is -4.32. The monoisotopic (exact) mass is 432 g/mol. The number of nitrogens with one attached hydrogen (secondary N) is 2. The zero-order valence-corrected chi connectivity index (χ0v) is 16.0. The fourth-order valence-electron chi connectivity index (χ4n) is 2.67. The van der Waals surface area contributed by atoms with Crippen LogP contribution in [0.15, 0.2) is 23.1 Å². The van der Waals surface area contributed by atoms with Crippen molar-refractivity contribution >= 4 is 28.1 Å². The van der Waals surface area contributed by atoms with E-state index in [1.807, 2.05) is 4.72 Å². The number of alkyl halides is 3. The van der Waals surface area contributed by atoms with Crippen molar-refractivity contribution < 1.29 is 26.5 Å². The van der Waals surface area contributed by atoms with Crippen molar-refractivity contribution in [1.82, 2.24) is 14.9 Å². The van der Waals surface area contributed by atoms with Gasteiger partial charge in [0.1, 0.15) is 6.04 Å². The second-order valence-electron chi connectivity index (χ2n) is 5.90. The van der Waals surface area contributed by atoms with Crippen molar-refractivity contribution in [2.75, 3.05) is 32.7 Å². The third kappa shape index (κ3) is 6.01. The molecular weight excluding hydrogens is 413 g/mol. The molecule has 1 saturated heterocycles. The van der Waals surface area contributed by atoms with Gasteiger partial charge in [-0.25, -0.2) is 13.1 Å². The lowest BCUT2D eigenvalue weighted by molar-refractivity contribution is -0.385. The Labute approximate surface area is 160 Å². The Morgan fingerprint density at radius 1 is 1.33 bits per heavy atom.